The van der Waals surface area contributed by atoms with Crippen LogP contribution in [-0.2, 0) is 12.6 Å². The van der Waals surface area contributed by atoms with Crippen LogP contribution < -0.4 is 0 Å². The van der Waals surface area contributed by atoms with Crippen molar-refractivity contribution in [2.75, 3.05) is 0 Å². The summed E-state index contributed by atoms with van der Waals surface area (Å²) in [5.74, 6) is 0. The first-order valence-corrected chi connectivity index (χ1v) is 7.24. The minimum Gasteiger partial charge on any atom is -0.166 e. The molecular weight excluding hydrogens is 329 g/mol. The minimum atomic E-state index is -4.29. The van der Waals surface area contributed by atoms with Gasteiger partial charge in [-0.15, -0.1) is 0 Å². The molecule has 1 atom stereocenters. The molecule has 0 spiro atoms. The second kappa shape index (κ2) is 6.44. The van der Waals surface area contributed by atoms with E-state index in [0.717, 1.165) is 11.6 Å². The fourth-order valence-corrected chi connectivity index (χ4v) is 2.66. The van der Waals surface area contributed by atoms with Gasteiger partial charge in [0, 0.05) is 4.83 Å². The Hall–Kier alpha value is -1.29. The zero-order chi connectivity index (χ0) is 14.6. The molecule has 0 aliphatic rings. The maximum absolute atomic E-state index is 12.9. The van der Waals surface area contributed by atoms with Crippen LogP contribution in [0.5, 0.6) is 0 Å². The molecule has 2 rings (SSSR count). The van der Waals surface area contributed by atoms with Crippen molar-refractivity contribution in [2.45, 2.75) is 23.8 Å². The van der Waals surface area contributed by atoms with Crippen LogP contribution in [0.3, 0.4) is 0 Å². The van der Waals surface area contributed by atoms with Crippen molar-refractivity contribution >= 4 is 15.9 Å². The second-order valence-corrected chi connectivity index (χ2v) is 5.68. The average Bonchev–Trinajstić information content (AvgIpc) is 2.45. The van der Waals surface area contributed by atoms with Gasteiger partial charge in [0.25, 0.3) is 0 Å². The molecule has 0 saturated carbocycles. The zero-order valence-electron chi connectivity index (χ0n) is 10.7. The van der Waals surface area contributed by atoms with E-state index in [2.05, 4.69) is 15.9 Å². The first kappa shape index (κ1) is 15.1. The molecule has 0 saturated heterocycles. The molecule has 0 aliphatic carbocycles. The third-order valence-electron chi connectivity index (χ3n) is 3.15. The Morgan fingerprint density at radius 2 is 1.50 bits per heavy atom. The molecule has 0 nitrogen and oxygen atoms in total. The largest absolute Gasteiger partial charge is 0.416 e. The topological polar surface area (TPSA) is 0 Å². The number of benzene rings is 2. The Morgan fingerprint density at radius 3 is 2.15 bits per heavy atom. The molecule has 0 bridgehead atoms. The Morgan fingerprint density at radius 1 is 0.900 bits per heavy atom. The molecule has 0 amide bonds. The Labute approximate surface area is 124 Å². The first-order chi connectivity index (χ1) is 9.48. The van der Waals surface area contributed by atoms with Crippen LogP contribution in [0, 0.1) is 0 Å². The summed E-state index contributed by atoms with van der Waals surface area (Å²) in [6.45, 7) is 0. The van der Waals surface area contributed by atoms with Gasteiger partial charge in [-0.3, -0.25) is 0 Å². The van der Waals surface area contributed by atoms with Gasteiger partial charge in [0.05, 0.1) is 5.56 Å². The number of rotatable bonds is 4. The second-order valence-electron chi connectivity index (χ2n) is 4.57. The zero-order valence-corrected chi connectivity index (χ0v) is 12.3. The van der Waals surface area contributed by atoms with Gasteiger partial charge in [-0.1, -0.05) is 64.5 Å². The smallest absolute Gasteiger partial charge is 0.166 e. The van der Waals surface area contributed by atoms with Crippen LogP contribution in [0.4, 0.5) is 13.2 Å². The molecule has 0 N–H and O–H groups in total. The fourth-order valence-electron chi connectivity index (χ4n) is 2.13. The third kappa shape index (κ3) is 3.85. The molecule has 0 aliphatic heterocycles. The standard InChI is InChI=1S/C16H14BrF3/c17-15(13-7-2-1-3-8-13)11-10-12-6-4-5-9-14(12)16(18,19)20/h1-9,15H,10-11H2. The van der Waals surface area contributed by atoms with E-state index >= 15 is 0 Å². The Bertz CT molecular complexity index is 549. The highest BCUT2D eigenvalue weighted by Gasteiger charge is 2.32. The van der Waals surface area contributed by atoms with E-state index in [1.165, 1.54) is 6.07 Å². The van der Waals surface area contributed by atoms with Crippen molar-refractivity contribution in [1.29, 1.82) is 0 Å². The van der Waals surface area contributed by atoms with Crippen molar-refractivity contribution < 1.29 is 13.2 Å². The van der Waals surface area contributed by atoms with Gasteiger partial charge in [0.1, 0.15) is 0 Å². The average molecular weight is 343 g/mol. The summed E-state index contributed by atoms with van der Waals surface area (Å²) in [5.41, 5.74) is 0.894. The van der Waals surface area contributed by atoms with E-state index in [1.807, 2.05) is 30.3 Å². The van der Waals surface area contributed by atoms with Crippen molar-refractivity contribution in [3.8, 4) is 0 Å². The van der Waals surface area contributed by atoms with Crippen molar-refractivity contribution in [3.63, 3.8) is 0 Å². The normalized spacial score (nSPS) is 13.2. The number of alkyl halides is 4. The molecule has 0 radical (unpaired) electrons. The molecule has 0 heterocycles. The molecule has 4 heteroatoms. The molecule has 0 aromatic heterocycles. The SMILES string of the molecule is FC(F)(F)c1ccccc1CCC(Br)c1ccccc1. The number of hydrogen-bond acceptors (Lipinski definition) is 0. The summed E-state index contributed by atoms with van der Waals surface area (Å²) < 4.78 is 38.7. The van der Waals surface area contributed by atoms with Crippen molar-refractivity contribution in [3.05, 3.63) is 71.3 Å². The van der Waals surface area contributed by atoms with Crippen LogP contribution in [0.25, 0.3) is 0 Å². The predicted octanol–water partition coefficient (Wildman–Crippen LogP) is 5.77. The van der Waals surface area contributed by atoms with Crippen molar-refractivity contribution in [1.82, 2.24) is 0 Å². The molecular formula is C16H14BrF3. The van der Waals surface area contributed by atoms with Crippen LogP contribution in [-0.4, -0.2) is 0 Å². The van der Waals surface area contributed by atoms with E-state index in [0.29, 0.717) is 18.4 Å². The maximum atomic E-state index is 12.9. The number of hydrogen-bond donors (Lipinski definition) is 0. The van der Waals surface area contributed by atoms with Gasteiger partial charge in [0.2, 0.25) is 0 Å². The summed E-state index contributed by atoms with van der Waals surface area (Å²) in [5, 5.41) is 0. The summed E-state index contributed by atoms with van der Waals surface area (Å²) in [6.07, 6.45) is -3.28. The van der Waals surface area contributed by atoms with E-state index < -0.39 is 11.7 Å². The highest BCUT2D eigenvalue weighted by Crippen LogP contribution is 2.34. The predicted molar refractivity (Wildman–Crippen MR) is 77.9 cm³/mol. The van der Waals surface area contributed by atoms with Gasteiger partial charge in [-0.2, -0.15) is 13.2 Å². The highest BCUT2D eigenvalue weighted by molar-refractivity contribution is 9.09. The van der Waals surface area contributed by atoms with Crippen LogP contribution in [0.15, 0.2) is 54.6 Å². The summed E-state index contributed by atoms with van der Waals surface area (Å²) >= 11 is 3.54. The first-order valence-electron chi connectivity index (χ1n) is 6.32. The summed E-state index contributed by atoms with van der Waals surface area (Å²) in [7, 11) is 0. The molecule has 20 heavy (non-hydrogen) atoms. The van der Waals surface area contributed by atoms with Crippen LogP contribution in [0.1, 0.15) is 27.9 Å². The molecule has 106 valence electrons. The molecule has 1 unspecified atom stereocenters. The van der Waals surface area contributed by atoms with E-state index in [9.17, 15) is 13.2 Å². The molecule has 2 aromatic rings. The number of halogens is 4. The Balaban J connectivity index is 2.08. The van der Waals surface area contributed by atoms with Crippen molar-refractivity contribution in [2.24, 2.45) is 0 Å². The third-order valence-corrected chi connectivity index (χ3v) is 4.14. The number of aryl methyl sites for hydroxylation is 1. The van der Waals surface area contributed by atoms with Gasteiger partial charge in [-0.05, 0) is 30.0 Å². The van der Waals surface area contributed by atoms with Crippen LogP contribution >= 0.6 is 15.9 Å². The fraction of sp³-hybridized carbons (Fsp3) is 0.250. The lowest BCUT2D eigenvalue weighted by Crippen LogP contribution is -2.09. The maximum Gasteiger partial charge on any atom is 0.416 e. The van der Waals surface area contributed by atoms with E-state index in [4.69, 9.17) is 0 Å². The summed E-state index contributed by atoms with van der Waals surface area (Å²) in [6, 6.07) is 15.5. The van der Waals surface area contributed by atoms with Gasteiger partial charge in [-0.25, -0.2) is 0 Å². The Kier molecular flexibility index (Phi) is 4.86. The highest BCUT2D eigenvalue weighted by atomic mass is 79.9. The van der Waals surface area contributed by atoms with Gasteiger partial charge >= 0.3 is 6.18 Å². The monoisotopic (exact) mass is 342 g/mol. The quantitative estimate of drug-likeness (QED) is 0.618. The molecule has 0 fully saturated rings. The lowest BCUT2D eigenvalue weighted by Gasteiger charge is -2.14. The molecule has 2 aromatic carbocycles. The van der Waals surface area contributed by atoms with E-state index in [1.54, 1.807) is 12.1 Å². The van der Waals surface area contributed by atoms with Gasteiger partial charge < -0.3 is 0 Å². The minimum absolute atomic E-state index is 0.0602. The van der Waals surface area contributed by atoms with E-state index in [-0.39, 0.29) is 4.83 Å². The van der Waals surface area contributed by atoms with Gasteiger partial charge in [0.15, 0.2) is 0 Å². The lowest BCUT2D eigenvalue weighted by atomic mass is 9.99. The lowest BCUT2D eigenvalue weighted by molar-refractivity contribution is -0.138. The van der Waals surface area contributed by atoms with Crippen LogP contribution in [0.2, 0.25) is 0 Å². The summed E-state index contributed by atoms with van der Waals surface area (Å²) in [4.78, 5) is 0.0602.